The van der Waals surface area contributed by atoms with E-state index in [1.165, 1.54) is 12.1 Å². The van der Waals surface area contributed by atoms with Crippen LogP contribution in [0.5, 0.6) is 0 Å². The Hall–Kier alpha value is -0.630. The first-order chi connectivity index (χ1) is 9.04. The molecule has 0 aliphatic heterocycles. The number of carbonyl (C=O) groups is 1. The van der Waals surface area contributed by atoms with Gasteiger partial charge in [0.2, 0.25) is 0 Å². The Morgan fingerprint density at radius 3 is 2.24 bits per heavy atom. The highest BCUT2D eigenvalue weighted by atomic mass is 127. The molecule has 0 saturated heterocycles. The van der Waals surface area contributed by atoms with E-state index in [2.05, 4.69) is 0 Å². The summed E-state index contributed by atoms with van der Waals surface area (Å²) in [4.78, 5) is 12.4. The molecule has 120 valence electrons. The van der Waals surface area contributed by atoms with Gasteiger partial charge in [-0.2, -0.15) is 13.2 Å². The van der Waals surface area contributed by atoms with Gasteiger partial charge >= 0.3 is 6.18 Å². The minimum Gasteiger partial charge on any atom is -1.00 e. The number of hydrogen-bond donors (Lipinski definition) is 0. The second-order valence-electron chi connectivity index (χ2n) is 6.02. The molecular weight excluding hydrogens is 394 g/mol. The van der Waals surface area contributed by atoms with Crippen molar-refractivity contribution in [2.45, 2.75) is 19.5 Å². The third-order valence-corrected chi connectivity index (χ3v) is 3.11. The molecule has 0 aliphatic carbocycles. The lowest BCUT2D eigenvalue weighted by atomic mass is 9.93. The van der Waals surface area contributed by atoms with Gasteiger partial charge in [-0.3, -0.25) is 4.79 Å². The van der Waals surface area contributed by atoms with E-state index in [1.54, 1.807) is 0 Å². The topological polar surface area (TPSA) is 17.1 Å². The van der Waals surface area contributed by atoms with Crippen molar-refractivity contribution in [3.05, 3.63) is 35.4 Å². The van der Waals surface area contributed by atoms with Gasteiger partial charge in [0.1, 0.15) is 0 Å². The highest BCUT2D eigenvalue weighted by molar-refractivity contribution is 5.98. The minimum atomic E-state index is -4.42. The van der Waals surface area contributed by atoms with Gasteiger partial charge in [0.25, 0.3) is 0 Å². The van der Waals surface area contributed by atoms with Gasteiger partial charge in [-0.1, -0.05) is 19.1 Å². The fraction of sp³-hybridized carbons (Fsp3) is 0.533. The normalized spacial score (nSPS) is 13.5. The third-order valence-electron chi connectivity index (χ3n) is 3.11. The average molecular weight is 415 g/mol. The molecule has 0 fully saturated rings. The second kappa shape index (κ2) is 7.58. The summed E-state index contributed by atoms with van der Waals surface area (Å²) in [6.45, 7) is 2.48. The molecule has 1 aromatic carbocycles. The largest absolute Gasteiger partial charge is 1.00 e. The maximum atomic E-state index is 12.7. The number of halogens is 4. The molecule has 0 spiro atoms. The predicted octanol–water partition coefficient (Wildman–Crippen LogP) is 0.625. The lowest BCUT2D eigenvalue weighted by molar-refractivity contribution is -0.872. The summed E-state index contributed by atoms with van der Waals surface area (Å²) in [5.41, 5.74) is -0.636. The molecule has 0 N–H and O–H groups in total. The van der Waals surface area contributed by atoms with E-state index in [-0.39, 0.29) is 41.2 Å². The van der Waals surface area contributed by atoms with Gasteiger partial charge in [0.05, 0.1) is 39.2 Å². The molecule has 0 saturated carbocycles. The van der Waals surface area contributed by atoms with Gasteiger partial charge < -0.3 is 28.5 Å². The van der Waals surface area contributed by atoms with Gasteiger partial charge in [0.15, 0.2) is 5.78 Å². The standard InChI is InChI=1S/C15H21F3NO.HI/c1-5-11(10-19(2,3)4)14(20)12-7-6-8-13(9-12)15(16,17)18;/h6-9,11H,5,10H2,1-4H3;1H/q+1;/p-1. The number of nitrogens with zero attached hydrogens (tertiary/aromatic N) is 1. The number of Topliss-reactive ketones (excluding diaryl/α,β-unsaturated/α-hetero) is 1. The van der Waals surface area contributed by atoms with Crippen LogP contribution in [0.1, 0.15) is 29.3 Å². The van der Waals surface area contributed by atoms with Crippen molar-refractivity contribution in [3.63, 3.8) is 0 Å². The van der Waals surface area contributed by atoms with Crippen molar-refractivity contribution in [1.29, 1.82) is 0 Å². The highest BCUT2D eigenvalue weighted by Gasteiger charge is 2.32. The van der Waals surface area contributed by atoms with E-state index < -0.39 is 11.7 Å². The van der Waals surface area contributed by atoms with Crippen LogP contribution < -0.4 is 24.0 Å². The van der Waals surface area contributed by atoms with Crippen LogP contribution in [-0.2, 0) is 6.18 Å². The van der Waals surface area contributed by atoms with Crippen LogP contribution in [0, 0.1) is 5.92 Å². The van der Waals surface area contributed by atoms with Crippen molar-refractivity contribution in [3.8, 4) is 0 Å². The summed E-state index contributed by atoms with van der Waals surface area (Å²) in [6.07, 6.45) is -3.80. The summed E-state index contributed by atoms with van der Waals surface area (Å²) in [5, 5.41) is 0. The van der Waals surface area contributed by atoms with Crippen LogP contribution in [0.3, 0.4) is 0 Å². The molecule has 0 heterocycles. The highest BCUT2D eigenvalue weighted by Crippen LogP contribution is 2.30. The van der Waals surface area contributed by atoms with E-state index in [1.807, 2.05) is 28.1 Å². The summed E-state index contributed by atoms with van der Waals surface area (Å²) in [7, 11) is 5.88. The lowest BCUT2D eigenvalue weighted by Gasteiger charge is -2.28. The fourth-order valence-electron chi connectivity index (χ4n) is 2.14. The van der Waals surface area contributed by atoms with Crippen LogP contribution >= 0.6 is 0 Å². The van der Waals surface area contributed by atoms with Crippen LogP contribution in [0.15, 0.2) is 24.3 Å². The van der Waals surface area contributed by atoms with E-state index in [4.69, 9.17) is 0 Å². The molecule has 2 nitrogen and oxygen atoms in total. The van der Waals surface area contributed by atoms with Crippen LogP contribution in [0.2, 0.25) is 0 Å². The Morgan fingerprint density at radius 1 is 1.24 bits per heavy atom. The number of ketones is 1. The van der Waals surface area contributed by atoms with Crippen LogP contribution in [0.25, 0.3) is 0 Å². The SMILES string of the molecule is CCC(C[N+](C)(C)C)C(=O)c1cccc(C(F)(F)F)c1.[I-]. The summed E-state index contributed by atoms with van der Waals surface area (Å²) >= 11 is 0. The summed E-state index contributed by atoms with van der Waals surface area (Å²) in [6, 6.07) is 4.67. The second-order valence-corrected chi connectivity index (χ2v) is 6.02. The number of quaternary nitrogens is 1. The van der Waals surface area contributed by atoms with E-state index in [0.717, 1.165) is 12.1 Å². The van der Waals surface area contributed by atoms with E-state index >= 15 is 0 Å². The van der Waals surface area contributed by atoms with E-state index in [9.17, 15) is 18.0 Å². The van der Waals surface area contributed by atoms with Crippen LogP contribution in [-0.4, -0.2) is 38.0 Å². The third kappa shape index (κ3) is 6.34. The molecule has 1 atom stereocenters. The molecule has 21 heavy (non-hydrogen) atoms. The van der Waals surface area contributed by atoms with Crippen molar-refractivity contribution < 1.29 is 46.4 Å². The molecule has 1 rings (SSSR count). The maximum Gasteiger partial charge on any atom is 0.416 e. The number of hydrogen-bond acceptors (Lipinski definition) is 1. The Kier molecular flexibility index (Phi) is 7.35. The summed E-state index contributed by atoms with van der Waals surface area (Å²) in [5.74, 6) is -0.481. The molecule has 0 radical (unpaired) electrons. The first-order valence-corrected chi connectivity index (χ1v) is 6.56. The van der Waals surface area contributed by atoms with Crippen molar-refractivity contribution >= 4 is 5.78 Å². The Morgan fingerprint density at radius 2 is 1.81 bits per heavy atom. The van der Waals surface area contributed by atoms with Gasteiger partial charge in [-0.05, 0) is 18.6 Å². The Balaban J connectivity index is 0.00000400. The zero-order chi connectivity index (χ0) is 15.6. The molecular formula is C15H21F3INO. The molecule has 0 bridgehead atoms. The van der Waals surface area contributed by atoms with Gasteiger partial charge in [-0.25, -0.2) is 0 Å². The molecule has 0 amide bonds. The van der Waals surface area contributed by atoms with Gasteiger partial charge in [0, 0.05) is 5.56 Å². The first kappa shape index (κ1) is 20.4. The minimum absolute atomic E-state index is 0. The molecule has 6 heteroatoms. The quantitative estimate of drug-likeness (QED) is 0.392. The Bertz CT molecular complexity index is 481. The predicted molar refractivity (Wildman–Crippen MR) is 72.5 cm³/mol. The molecule has 1 unspecified atom stereocenters. The number of alkyl halides is 3. The Labute approximate surface area is 140 Å². The molecule has 0 aromatic heterocycles. The van der Waals surface area contributed by atoms with Gasteiger partial charge in [-0.15, -0.1) is 0 Å². The zero-order valence-corrected chi connectivity index (χ0v) is 14.8. The monoisotopic (exact) mass is 415 g/mol. The molecule has 0 aliphatic rings. The number of carbonyl (C=O) groups excluding carboxylic acids is 1. The lowest BCUT2D eigenvalue weighted by Crippen LogP contribution is -3.00. The van der Waals surface area contributed by atoms with E-state index in [0.29, 0.717) is 17.4 Å². The number of benzene rings is 1. The van der Waals surface area contributed by atoms with Crippen molar-refractivity contribution in [1.82, 2.24) is 0 Å². The number of rotatable bonds is 5. The maximum absolute atomic E-state index is 12.7. The molecule has 1 aromatic rings. The smallest absolute Gasteiger partial charge is 0.416 e. The summed E-state index contributed by atoms with van der Waals surface area (Å²) < 4.78 is 38.6. The van der Waals surface area contributed by atoms with Crippen molar-refractivity contribution in [2.75, 3.05) is 27.7 Å². The zero-order valence-electron chi connectivity index (χ0n) is 12.7. The van der Waals surface area contributed by atoms with Crippen molar-refractivity contribution in [2.24, 2.45) is 5.92 Å². The van der Waals surface area contributed by atoms with Crippen LogP contribution in [0.4, 0.5) is 13.2 Å². The fourth-order valence-corrected chi connectivity index (χ4v) is 2.14. The average Bonchev–Trinajstić information content (AvgIpc) is 2.33. The first-order valence-electron chi connectivity index (χ1n) is 6.56.